The zero-order valence-electron chi connectivity index (χ0n) is 17.7. The molecule has 1 aromatic carbocycles. The largest absolute Gasteiger partial charge is 0.494 e. The first kappa shape index (κ1) is 21.6. The molecule has 1 aliphatic rings. The van der Waals surface area contributed by atoms with Gasteiger partial charge in [0.1, 0.15) is 11.6 Å². The highest BCUT2D eigenvalue weighted by Gasteiger charge is 2.28. The predicted molar refractivity (Wildman–Crippen MR) is 117 cm³/mol. The normalized spacial score (nSPS) is 14.3. The molecule has 0 atom stereocenters. The number of nitrogens with one attached hydrogen (secondary N) is 2. The lowest BCUT2D eigenvalue weighted by molar-refractivity contribution is -0.126. The summed E-state index contributed by atoms with van der Waals surface area (Å²) in [6, 6.07) is 11.1. The molecule has 0 bridgehead atoms. The van der Waals surface area contributed by atoms with Gasteiger partial charge in [0.2, 0.25) is 5.91 Å². The maximum Gasteiger partial charge on any atom is 0.257 e. The van der Waals surface area contributed by atoms with Crippen LogP contribution in [-0.2, 0) is 4.79 Å². The van der Waals surface area contributed by atoms with Crippen LogP contribution in [0.4, 0.5) is 11.5 Å². The van der Waals surface area contributed by atoms with Gasteiger partial charge in [-0.2, -0.15) is 0 Å². The molecule has 0 aliphatic carbocycles. The summed E-state index contributed by atoms with van der Waals surface area (Å²) in [4.78, 5) is 31.5. The van der Waals surface area contributed by atoms with Gasteiger partial charge in [-0.05, 0) is 62.6 Å². The molecule has 0 unspecified atom stereocenters. The van der Waals surface area contributed by atoms with E-state index < -0.39 is 0 Å². The zero-order chi connectivity index (χ0) is 21.3. The van der Waals surface area contributed by atoms with Gasteiger partial charge in [-0.3, -0.25) is 9.59 Å². The van der Waals surface area contributed by atoms with Crippen LogP contribution in [0.2, 0.25) is 0 Å². The number of amides is 2. The lowest BCUT2D eigenvalue weighted by Crippen LogP contribution is -2.43. The molecule has 7 heteroatoms. The van der Waals surface area contributed by atoms with Crippen molar-refractivity contribution in [3.05, 3.63) is 48.2 Å². The fourth-order valence-electron chi connectivity index (χ4n) is 3.52. The number of hydrogen-bond donors (Lipinski definition) is 2. The quantitative estimate of drug-likeness (QED) is 0.695. The molecule has 0 saturated carbocycles. The maximum atomic E-state index is 13.1. The van der Waals surface area contributed by atoms with Gasteiger partial charge in [0.25, 0.3) is 5.91 Å². The smallest absolute Gasteiger partial charge is 0.257 e. The van der Waals surface area contributed by atoms with Gasteiger partial charge in [-0.1, -0.05) is 6.92 Å². The minimum absolute atomic E-state index is 0.0176. The Hall–Kier alpha value is -3.09. The van der Waals surface area contributed by atoms with Crippen molar-refractivity contribution in [3.63, 3.8) is 0 Å². The Kier molecular flexibility index (Phi) is 7.65. The number of aromatic nitrogens is 1. The zero-order valence-corrected chi connectivity index (χ0v) is 17.7. The molecule has 7 nitrogen and oxygen atoms in total. The number of nitrogens with zero attached hydrogens (tertiary/aromatic N) is 2. The number of pyridine rings is 1. The van der Waals surface area contributed by atoms with Crippen LogP contribution in [0, 0.1) is 5.92 Å². The van der Waals surface area contributed by atoms with Crippen molar-refractivity contribution >= 4 is 23.3 Å². The Morgan fingerprint density at radius 3 is 2.53 bits per heavy atom. The first-order valence-corrected chi connectivity index (χ1v) is 10.6. The van der Waals surface area contributed by atoms with Gasteiger partial charge in [0, 0.05) is 37.4 Å². The summed E-state index contributed by atoms with van der Waals surface area (Å²) in [5.41, 5.74) is 1.36. The SMILES string of the molecule is CCCNC(=O)C1CCN(C(=O)c2cccnc2Nc2ccc(OCC)cc2)CC1. The standard InChI is InChI=1S/C23H30N4O3/c1-3-13-25-22(28)17-11-15-27(16-12-17)23(29)20-6-5-14-24-21(20)26-18-7-9-19(10-8-18)30-4-2/h5-10,14,17H,3-4,11-13,15-16H2,1-2H3,(H,24,26)(H,25,28). The highest BCUT2D eigenvalue weighted by Crippen LogP contribution is 2.24. The van der Waals surface area contributed by atoms with Crippen molar-refractivity contribution in [1.82, 2.24) is 15.2 Å². The third-order valence-electron chi connectivity index (χ3n) is 5.17. The molecule has 1 aromatic heterocycles. The molecule has 2 N–H and O–H groups in total. The molecule has 30 heavy (non-hydrogen) atoms. The fourth-order valence-corrected chi connectivity index (χ4v) is 3.52. The van der Waals surface area contributed by atoms with E-state index in [1.165, 1.54) is 0 Å². The molecule has 1 saturated heterocycles. The van der Waals surface area contributed by atoms with E-state index in [0.29, 0.717) is 50.5 Å². The van der Waals surface area contributed by atoms with Crippen LogP contribution in [0.25, 0.3) is 0 Å². The van der Waals surface area contributed by atoms with Gasteiger partial charge in [-0.15, -0.1) is 0 Å². The van der Waals surface area contributed by atoms with E-state index in [4.69, 9.17) is 4.74 Å². The third kappa shape index (κ3) is 5.49. The lowest BCUT2D eigenvalue weighted by atomic mass is 9.95. The minimum Gasteiger partial charge on any atom is -0.494 e. The van der Waals surface area contributed by atoms with E-state index in [1.54, 1.807) is 18.3 Å². The molecule has 160 valence electrons. The summed E-state index contributed by atoms with van der Waals surface area (Å²) in [5, 5.41) is 6.19. The lowest BCUT2D eigenvalue weighted by Gasteiger charge is -2.31. The van der Waals surface area contributed by atoms with Crippen molar-refractivity contribution in [2.45, 2.75) is 33.1 Å². The molecule has 2 heterocycles. The van der Waals surface area contributed by atoms with Crippen LogP contribution in [-0.4, -0.2) is 47.9 Å². The molecule has 3 rings (SSSR count). The van der Waals surface area contributed by atoms with Crippen LogP contribution in [0.1, 0.15) is 43.5 Å². The van der Waals surface area contributed by atoms with Gasteiger partial charge in [-0.25, -0.2) is 4.98 Å². The Morgan fingerprint density at radius 2 is 1.87 bits per heavy atom. The van der Waals surface area contributed by atoms with Crippen molar-refractivity contribution in [1.29, 1.82) is 0 Å². The van der Waals surface area contributed by atoms with E-state index >= 15 is 0 Å². The molecular weight excluding hydrogens is 380 g/mol. The molecule has 0 spiro atoms. The summed E-state index contributed by atoms with van der Waals surface area (Å²) < 4.78 is 5.47. The highest BCUT2D eigenvalue weighted by atomic mass is 16.5. The predicted octanol–water partition coefficient (Wildman–Crippen LogP) is 3.60. The Balaban J connectivity index is 1.64. The summed E-state index contributed by atoms with van der Waals surface area (Å²) in [5.74, 6) is 1.34. The highest BCUT2D eigenvalue weighted by molar-refractivity contribution is 5.99. The first-order chi connectivity index (χ1) is 14.6. The second-order valence-corrected chi connectivity index (χ2v) is 7.34. The van der Waals surface area contributed by atoms with E-state index in [0.717, 1.165) is 17.9 Å². The second kappa shape index (κ2) is 10.6. The summed E-state index contributed by atoms with van der Waals surface area (Å²) in [6.45, 7) is 6.44. The summed E-state index contributed by atoms with van der Waals surface area (Å²) >= 11 is 0. The second-order valence-electron chi connectivity index (χ2n) is 7.34. The monoisotopic (exact) mass is 410 g/mol. The van der Waals surface area contributed by atoms with E-state index in [9.17, 15) is 9.59 Å². The van der Waals surface area contributed by atoms with E-state index in [-0.39, 0.29) is 17.7 Å². The molecule has 1 fully saturated rings. The first-order valence-electron chi connectivity index (χ1n) is 10.6. The van der Waals surface area contributed by atoms with Crippen LogP contribution < -0.4 is 15.4 Å². The maximum absolute atomic E-state index is 13.1. The Labute approximate surface area is 177 Å². The fraction of sp³-hybridized carbons (Fsp3) is 0.435. The number of ether oxygens (including phenoxy) is 1. The molecule has 2 aromatic rings. The summed E-state index contributed by atoms with van der Waals surface area (Å²) in [7, 11) is 0. The molecule has 2 amide bonds. The van der Waals surface area contributed by atoms with Crippen LogP contribution in [0.15, 0.2) is 42.6 Å². The van der Waals surface area contributed by atoms with Gasteiger partial charge in [0.05, 0.1) is 12.2 Å². The van der Waals surface area contributed by atoms with E-state index in [2.05, 4.69) is 15.6 Å². The topological polar surface area (TPSA) is 83.6 Å². The van der Waals surface area contributed by atoms with Gasteiger partial charge >= 0.3 is 0 Å². The number of carbonyl (C=O) groups is 2. The van der Waals surface area contributed by atoms with Crippen LogP contribution in [0.5, 0.6) is 5.75 Å². The molecule has 1 aliphatic heterocycles. The van der Waals surface area contributed by atoms with Gasteiger partial charge in [0.15, 0.2) is 0 Å². The van der Waals surface area contributed by atoms with Crippen molar-refractivity contribution in [3.8, 4) is 5.75 Å². The van der Waals surface area contributed by atoms with Crippen LogP contribution >= 0.6 is 0 Å². The average Bonchev–Trinajstić information content (AvgIpc) is 2.79. The number of hydrogen-bond acceptors (Lipinski definition) is 5. The third-order valence-corrected chi connectivity index (χ3v) is 5.17. The Morgan fingerprint density at radius 1 is 1.13 bits per heavy atom. The number of piperidine rings is 1. The van der Waals surface area contributed by atoms with Crippen molar-refractivity contribution in [2.75, 3.05) is 31.6 Å². The Bertz CT molecular complexity index is 846. The number of rotatable bonds is 8. The van der Waals surface area contributed by atoms with Crippen LogP contribution in [0.3, 0.4) is 0 Å². The summed E-state index contributed by atoms with van der Waals surface area (Å²) in [6.07, 6.45) is 3.96. The average molecular weight is 411 g/mol. The van der Waals surface area contributed by atoms with Crippen molar-refractivity contribution < 1.29 is 14.3 Å². The van der Waals surface area contributed by atoms with Gasteiger partial charge < -0.3 is 20.3 Å². The van der Waals surface area contributed by atoms with E-state index in [1.807, 2.05) is 43.0 Å². The number of carbonyl (C=O) groups excluding carboxylic acids is 2. The number of benzene rings is 1. The number of anilines is 2. The van der Waals surface area contributed by atoms with Crippen molar-refractivity contribution in [2.24, 2.45) is 5.92 Å². The molecule has 0 radical (unpaired) electrons. The molecular formula is C23H30N4O3. The minimum atomic E-state index is -0.0658. The number of likely N-dealkylation sites (tertiary alicyclic amines) is 1.